The van der Waals surface area contributed by atoms with E-state index in [1.54, 1.807) is 12.1 Å². The number of fused-ring (bicyclic) bond motifs is 1. The van der Waals surface area contributed by atoms with E-state index in [0.717, 1.165) is 18.1 Å². The van der Waals surface area contributed by atoms with Gasteiger partial charge < -0.3 is 25.8 Å². The number of phenols is 1. The first-order chi connectivity index (χ1) is 17.3. The summed E-state index contributed by atoms with van der Waals surface area (Å²) < 4.78 is 27.6. The lowest BCUT2D eigenvalue weighted by molar-refractivity contribution is 0.0826. The minimum Gasteiger partial charge on any atom is -0.508 e. The second-order valence-corrected chi connectivity index (χ2v) is 8.89. The summed E-state index contributed by atoms with van der Waals surface area (Å²) in [5.74, 6) is -1.87. The van der Waals surface area contributed by atoms with E-state index in [0.29, 0.717) is 23.0 Å². The molecule has 4 aromatic rings. The molecule has 5 N–H and O–H groups in total. The maximum absolute atomic E-state index is 13.8. The lowest BCUT2D eigenvalue weighted by atomic mass is 10.00. The number of aromatic nitrogens is 1. The average molecular weight is 494 g/mol. The normalized spacial score (nSPS) is 13.0. The molecule has 0 spiro atoms. The molecule has 2 atom stereocenters. The molecule has 188 valence electrons. The highest BCUT2D eigenvalue weighted by atomic mass is 19.1. The topological polar surface area (TPSA) is 97.4 Å². The number of aryl methyl sites for hydroxylation is 1. The number of aliphatic hydroxyl groups excluding tert-OH is 1. The van der Waals surface area contributed by atoms with Gasteiger partial charge in [-0.25, -0.2) is 8.78 Å². The summed E-state index contributed by atoms with van der Waals surface area (Å²) >= 11 is 0. The Kier molecular flexibility index (Phi) is 7.97. The zero-order chi connectivity index (χ0) is 25.7. The van der Waals surface area contributed by atoms with Gasteiger partial charge in [-0.1, -0.05) is 31.2 Å². The summed E-state index contributed by atoms with van der Waals surface area (Å²) in [4.78, 5) is 16.0. The molecule has 0 bridgehead atoms. The van der Waals surface area contributed by atoms with Crippen LogP contribution in [0.1, 0.15) is 34.1 Å². The van der Waals surface area contributed by atoms with Crippen LogP contribution in [0.4, 0.5) is 8.78 Å². The lowest BCUT2D eigenvalue weighted by Crippen LogP contribution is -2.48. The van der Waals surface area contributed by atoms with Crippen molar-refractivity contribution in [1.29, 1.82) is 0 Å². The molecule has 0 saturated heterocycles. The van der Waals surface area contributed by atoms with Gasteiger partial charge in [-0.2, -0.15) is 0 Å². The van der Waals surface area contributed by atoms with Crippen LogP contribution in [0.5, 0.6) is 5.75 Å². The fraction of sp³-hybridized carbons (Fsp3) is 0.250. The number of aromatic hydroxyl groups is 1. The van der Waals surface area contributed by atoms with E-state index in [1.165, 1.54) is 29.8 Å². The van der Waals surface area contributed by atoms with E-state index in [4.69, 9.17) is 0 Å². The number of rotatable bonds is 10. The number of hydrogen-bond donors (Lipinski definition) is 5. The molecule has 36 heavy (non-hydrogen) atoms. The molecular formula is C28H29F2N3O3. The Balaban J connectivity index is 1.48. The number of benzene rings is 3. The number of amides is 1. The highest BCUT2D eigenvalue weighted by Crippen LogP contribution is 2.21. The summed E-state index contributed by atoms with van der Waals surface area (Å²) in [6.45, 7) is 2.75. The zero-order valence-electron chi connectivity index (χ0n) is 19.9. The molecule has 6 nitrogen and oxygen atoms in total. The van der Waals surface area contributed by atoms with Crippen molar-refractivity contribution < 1.29 is 23.8 Å². The summed E-state index contributed by atoms with van der Waals surface area (Å²) in [6.07, 6.45) is -0.0966. The smallest absolute Gasteiger partial charge is 0.268 e. The van der Waals surface area contributed by atoms with Crippen LogP contribution in [-0.2, 0) is 19.4 Å². The third-order valence-electron chi connectivity index (χ3n) is 6.09. The molecule has 3 aromatic carbocycles. The number of carbonyl (C=O) groups excluding carboxylic acids is 1. The fourth-order valence-electron chi connectivity index (χ4n) is 4.22. The van der Waals surface area contributed by atoms with Gasteiger partial charge in [0.05, 0.1) is 12.1 Å². The quantitative estimate of drug-likeness (QED) is 0.229. The first-order valence-corrected chi connectivity index (χ1v) is 11.8. The zero-order valence-corrected chi connectivity index (χ0v) is 19.9. The van der Waals surface area contributed by atoms with E-state index in [9.17, 15) is 23.8 Å². The summed E-state index contributed by atoms with van der Waals surface area (Å²) in [5, 5.41) is 27.3. The van der Waals surface area contributed by atoms with Gasteiger partial charge in [0, 0.05) is 30.1 Å². The number of hydrogen-bond acceptors (Lipinski definition) is 4. The summed E-state index contributed by atoms with van der Waals surface area (Å²) in [6, 6.07) is 16.7. The lowest BCUT2D eigenvalue weighted by Gasteiger charge is -2.25. The molecule has 1 aromatic heterocycles. The molecule has 1 heterocycles. The van der Waals surface area contributed by atoms with Gasteiger partial charge in [0.2, 0.25) is 0 Å². The average Bonchev–Trinajstić information content (AvgIpc) is 3.26. The van der Waals surface area contributed by atoms with Gasteiger partial charge in [-0.05, 0) is 65.9 Å². The number of carbonyl (C=O) groups is 1. The van der Waals surface area contributed by atoms with E-state index < -0.39 is 29.7 Å². The van der Waals surface area contributed by atoms with Crippen LogP contribution >= 0.6 is 0 Å². The van der Waals surface area contributed by atoms with E-state index in [1.807, 2.05) is 18.2 Å². The van der Waals surface area contributed by atoms with Gasteiger partial charge in [0.25, 0.3) is 5.91 Å². The van der Waals surface area contributed by atoms with Crippen molar-refractivity contribution in [2.24, 2.45) is 0 Å². The first kappa shape index (κ1) is 25.3. The number of aliphatic hydroxyl groups is 1. The van der Waals surface area contributed by atoms with Gasteiger partial charge >= 0.3 is 0 Å². The van der Waals surface area contributed by atoms with Crippen LogP contribution in [-0.4, -0.2) is 39.8 Å². The Morgan fingerprint density at radius 2 is 1.72 bits per heavy atom. The number of H-pyrrole nitrogens is 1. The SMILES string of the molecule is CCc1cccc(CNC[C@@H](O)[C@H](Cc2cc(F)cc(F)c2)NC(=O)c2cc3cc(O)ccc3[nH]2)c1. The molecule has 0 aliphatic carbocycles. The predicted molar refractivity (Wildman–Crippen MR) is 135 cm³/mol. The van der Waals surface area contributed by atoms with Crippen LogP contribution in [0.2, 0.25) is 0 Å². The maximum Gasteiger partial charge on any atom is 0.268 e. The predicted octanol–water partition coefficient (Wildman–Crippen LogP) is 4.21. The molecule has 0 aliphatic heterocycles. The molecule has 0 fully saturated rings. The Bertz CT molecular complexity index is 1330. The minimum absolute atomic E-state index is 0.0234. The second kappa shape index (κ2) is 11.3. The third-order valence-corrected chi connectivity index (χ3v) is 6.09. The van der Waals surface area contributed by atoms with Crippen molar-refractivity contribution in [2.75, 3.05) is 6.54 Å². The van der Waals surface area contributed by atoms with Crippen LogP contribution < -0.4 is 10.6 Å². The maximum atomic E-state index is 13.8. The largest absolute Gasteiger partial charge is 0.508 e. The van der Waals surface area contributed by atoms with Crippen molar-refractivity contribution >= 4 is 16.8 Å². The van der Waals surface area contributed by atoms with Gasteiger partial charge in [-0.3, -0.25) is 4.79 Å². The molecule has 0 unspecified atom stereocenters. The molecule has 4 rings (SSSR count). The Hall–Kier alpha value is -3.75. The number of phenolic OH excluding ortho intramolecular Hbond substituents is 1. The minimum atomic E-state index is -1.04. The van der Waals surface area contributed by atoms with Crippen LogP contribution in [0.25, 0.3) is 10.9 Å². The van der Waals surface area contributed by atoms with Crippen molar-refractivity contribution in [1.82, 2.24) is 15.6 Å². The third kappa shape index (κ3) is 6.47. The van der Waals surface area contributed by atoms with E-state index >= 15 is 0 Å². The standard InChI is InChI=1S/C28H29F2N3O3/c1-2-17-4-3-5-18(8-17)15-31-16-27(35)25(11-19-9-21(29)14-22(30)10-19)33-28(36)26-13-20-12-23(34)6-7-24(20)32-26/h3-10,12-14,25,27,31-32,34-35H,2,11,15-16H2,1H3,(H,33,36)/t25-,27+/m0/s1. The van der Waals surface area contributed by atoms with Gasteiger partial charge in [-0.15, -0.1) is 0 Å². The highest BCUT2D eigenvalue weighted by molar-refractivity contribution is 5.98. The number of aromatic amines is 1. The Morgan fingerprint density at radius 1 is 0.972 bits per heavy atom. The monoisotopic (exact) mass is 493 g/mol. The Labute approximate surface area is 208 Å². The van der Waals surface area contributed by atoms with Crippen LogP contribution in [0.15, 0.2) is 66.7 Å². The molecule has 8 heteroatoms. The number of nitrogens with one attached hydrogen (secondary N) is 3. The van der Waals surface area contributed by atoms with Crippen molar-refractivity contribution in [3.8, 4) is 5.75 Å². The van der Waals surface area contributed by atoms with E-state index in [-0.39, 0.29) is 24.4 Å². The molecule has 0 radical (unpaired) electrons. The van der Waals surface area contributed by atoms with Crippen molar-refractivity contribution in [2.45, 2.75) is 38.5 Å². The Morgan fingerprint density at radius 3 is 2.47 bits per heavy atom. The number of halogens is 2. The molecule has 1 amide bonds. The molecule has 0 saturated carbocycles. The van der Waals surface area contributed by atoms with Crippen LogP contribution in [0.3, 0.4) is 0 Å². The van der Waals surface area contributed by atoms with Crippen molar-refractivity contribution in [3.63, 3.8) is 0 Å². The first-order valence-electron chi connectivity index (χ1n) is 11.8. The highest BCUT2D eigenvalue weighted by Gasteiger charge is 2.24. The summed E-state index contributed by atoms with van der Waals surface area (Å²) in [7, 11) is 0. The van der Waals surface area contributed by atoms with Gasteiger partial charge in [0.15, 0.2) is 0 Å². The van der Waals surface area contributed by atoms with Gasteiger partial charge in [0.1, 0.15) is 23.1 Å². The van der Waals surface area contributed by atoms with Crippen molar-refractivity contribution in [3.05, 3.63) is 101 Å². The van der Waals surface area contributed by atoms with E-state index in [2.05, 4.69) is 28.6 Å². The molecule has 0 aliphatic rings. The second-order valence-electron chi connectivity index (χ2n) is 8.89. The molecular weight excluding hydrogens is 464 g/mol. The fourth-order valence-corrected chi connectivity index (χ4v) is 4.22. The van der Waals surface area contributed by atoms with Crippen LogP contribution in [0, 0.1) is 11.6 Å². The summed E-state index contributed by atoms with van der Waals surface area (Å²) in [5.41, 5.74) is 3.49.